The second kappa shape index (κ2) is 22.0. The number of phosphoric ester groups is 2. The number of hydrogen-bond acceptors (Lipinski definition) is 26. The quantitative estimate of drug-likeness (QED) is 0.0246. The van der Waals surface area contributed by atoms with Crippen LogP contribution in [0.2, 0.25) is 0 Å². The molecule has 16 atom stereocenters. The van der Waals surface area contributed by atoms with Crippen LogP contribution < -0.4 is 32.8 Å². The molecule has 0 aromatic carbocycles. The van der Waals surface area contributed by atoms with E-state index in [1.807, 2.05) is 4.98 Å². The fraction of sp³-hybridized carbons (Fsp3) is 0.600. The molecule has 0 bridgehead atoms. The lowest BCUT2D eigenvalue weighted by Gasteiger charge is -2.28. The molecule has 414 valence electrons. The molecule has 5 aromatic heterocycles. The van der Waals surface area contributed by atoms with Crippen molar-refractivity contribution >= 4 is 65.2 Å². The monoisotopic (exact) mass is 1150 g/mol. The summed E-state index contributed by atoms with van der Waals surface area (Å²) in [6.45, 7) is -3.08. The Labute approximate surface area is 419 Å². The molecule has 36 nitrogen and oxygen atoms in total. The molecular weight excluding hydrogens is 1100 g/mol. The predicted octanol–water partition coefficient (Wildman–Crippen LogP) is -2.86. The van der Waals surface area contributed by atoms with Crippen LogP contribution in [0.3, 0.4) is 0 Å². The van der Waals surface area contributed by atoms with Crippen LogP contribution in [0, 0.1) is 5.92 Å². The van der Waals surface area contributed by atoms with Crippen molar-refractivity contribution in [1.29, 1.82) is 0 Å². The Balaban J connectivity index is 0.964. The van der Waals surface area contributed by atoms with E-state index in [0.717, 1.165) is 36.6 Å². The number of imidazole rings is 2. The number of methoxy groups -OCH3 is 3. The summed E-state index contributed by atoms with van der Waals surface area (Å²) in [5.74, 6) is -1.27. The number of aliphatic hydroxyl groups is 2. The maximum atomic E-state index is 14.4. The van der Waals surface area contributed by atoms with Crippen LogP contribution in [0.25, 0.3) is 22.3 Å². The van der Waals surface area contributed by atoms with Gasteiger partial charge in [-0.15, -0.1) is 0 Å². The molecule has 8 rings (SSSR count). The highest BCUT2D eigenvalue weighted by Crippen LogP contribution is 2.68. The number of nitrogen functional groups attached to an aromatic ring is 2. The Morgan fingerprint density at radius 3 is 2.08 bits per heavy atom. The Bertz CT molecular complexity index is 3280. The number of rotatable bonds is 22. The van der Waals surface area contributed by atoms with E-state index < -0.39 is 141 Å². The number of aliphatic hydroxyl groups excluding tert-OH is 2. The van der Waals surface area contributed by atoms with Gasteiger partial charge in [-0.2, -0.15) is 8.62 Å². The van der Waals surface area contributed by atoms with E-state index in [-0.39, 0.29) is 47.1 Å². The third-order valence-electron chi connectivity index (χ3n) is 12.2. The summed E-state index contributed by atoms with van der Waals surface area (Å²) in [4.78, 5) is 101. The van der Waals surface area contributed by atoms with Gasteiger partial charge in [0.2, 0.25) is 11.7 Å². The van der Waals surface area contributed by atoms with Crippen molar-refractivity contribution < 1.29 is 103 Å². The zero-order valence-corrected chi connectivity index (χ0v) is 43.0. The van der Waals surface area contributed by atoms with Crippen LogP contribution in [0.15, 0.2) is 45.6 Å². The average molecular weight is 1150 g/mol. The van der Waals surface area contributed by atoms with Crippen molar-refractivity contribution in [3.8, 4) is 0 Å². The lowest BCUT2D eigenvalue weighted by Crippen LogP contribution is -2.45. The van der Waals surface area contributed by atoms with Gasteiger partial charge in [0.15, 0.2) is 30.2 Å². The lowest BCUT2D eigenvalue weighted by atomic mass is 9.95. The smallest absolute Gasteiger partial charge is 0.387 e. The summed E-state index contributed by atoms with van der Waals surface area (Å²) < 4.78 is 117. The topological polar surface area (TPSA) is 496 Å². The van der Waals surface area contributed by atoms with E-state index in [0.29, 0.717) is 0 Å². The summed E-state index contributed by atoms with van der Waals surface area (Å²) in [6, 6.07) is 0.997. The second-order valence-electron chi connectivity index (χ2n) is 16.9. The van der Waals surface area contributed by atoms with Crippen molar-refractivity contribution in [3.05, 3.63) is 62.4 Å². The van der Waals surface area contributed by atoms with E-state index in [2.05, 4.69) is 33.5 Å². The molecule has 8 heterocycles. The number of H-pyrrole nitrogens is 2. The van der Waals surface area contributed by atoms with Crippen molar-refractivity contribution in [3.63, 3.8) is 0 Å². The fourth-order valence-corrected chi connectivity index (χ4v) is 14.2. The average Bonchev–Trinajstić information content (AvgIpc) is 4.14. The van der Waals surface area contributed by atoms with Crippen LogP contribution in [-0.2, 0) is 75.9 Å². The first-order valence-corrected chi connectivity index (χ1v) is 28.0. The third kappa shape index (κ3) is 11.8. The number of ether oxygens (including phenoxy) is 6. The van der Waals surface area contributed by atoms with Crippen molar-refractivity contribution in [1.82, 2.24) is 43.6 Å². The SMILES string of the molecule is COCC[C@H]1[C@@H](O)[C@H]([n+]2cn(C)c3c(=O)[nH]c(N)nc32)O[C@@H]1COP(=O)(O)OP(=O)(O)OP(=O)(O)OCC1O[C@@H](n2cnc3c(N)ncnc32)[C@H](OC)[C@@H]1P(=O)(O)OC[C@H]1O[C@@H](n2ccc(=O)[nH]c2=O)[C@H](OC)[C@@H]1O. The number of anilines is 2. The van der Waals surface area contributed by atoms with Crippen molar-refractivity contribution in [2.45, 2.75) is 73.5 Å². The summed E-state index contributed by atoms with van der Waals surface area (Å²) >= 11 is 0. The molecule has 0 aliphatic carbocycles. The number of fused-ring (bicyclic) bond motifs is 2. The highest BCUT2D eigenvalue weighted by molar-refractivity contribution is 7.66. The molecule has 40 heteroatoms. The van der Waals surface area contributed by atoms with E-state index in [1.165, 1.54) is 41.3 Å². The molecule has 0 radical (unpaired) electrons. The number of nitrogens with zero attached hydrogens (tertiary/aromatic N) is 8. The summed E-state index contributed by atoms with van der Waals surface area (Å²) in [6.07, 6.45) is -10.1. The van der Waals surface area contributed by atoms with Gasteiger partial charge in [-0.25, -0.2) is 38.0 Å². The Kier molecular flexibility index (Phi) is 16.6. The Morgan fingerprint density at radius 1 is 0.787 bits per heavy atom. The Morgan fingerprint density at radius 2 is 1.43 bits per heavy atom. The number of nitrogens with two attached hydrogens (primary N) is 2. The van der Waals surface area contributed by atoms with Crippen LogP contribution >= 0.6 is 31.1 Å². The molecule has 12 N–H and O–H groups in total. The van der Waals surface area contributed by atoms with Crippen LogP contribution in [0.5, 0.6) is 0 Å². The van der Waals surface area contributed by atoms with Gasteiger partial charge in [0.05, 0.1) is 39.3 Å². The number of hydrogen-bond donors (Lipinski definition) is 10. The molecule has 3 aliphatic heterocycles. The maximum absolute atomic E-state index is 14.4. The largest absolute Gasteiger partial charge is 0.490 e. The van der Waals surface area contributed by atoms with Crippen LogP contribution in [0.4, 0.5) is 11.8 Å². The molecule has 3 fully saturated rings. The van der Waals surface area contributed by atoms with E-state index in [1.54, 1.807) is 0 Å². The zero-order valence-electron chi connectivity index (χ0n) is 39.4. The van der Waals surface area contributed by atoms with E-state index in [4.69, 9.17) is 53.5 Å². The standard InChI is InChI=1S/C35H50N12O24P4/c1-44-14-47(29-21(44)30(51)43-34(37)42-29)31-22(49)15(6-8-61-2)16(67-31)9-65-73(55,56)70-75(59,60)71-74(57,58)66-11-18-26(25(63-4)33(69-18)46-13-40-20-27(36)38-12-39-28(20)46)72(53,54)64-10-17-23(50)24(62-3)32(68-17)45-7-5-19(48)41-35(45)52/h5,7,12-18,22-26,31-33,49-50H,6,8-11H2,1-4H3,(H9-,36,37,38,39,41,42,43,48,51,52,53,54,55,56,57,58,59,60)/p+1/t15-,16-,17-,18?,22-,23-,24-,25-,26-,31-,32-,33-/m1/s1. The van der Waals surface area contributed by atoms with Gasteiger partial charge in [-0.3, -0.25) is 46.9 Å². The van der Waals surface area contributed by atoms with Gasteiger partial charge in [0.25, 0.3) is 17.1 Å². The van der Waals surface area contributed by atoms with Gasteiger partial charge >= 0.3 is 42.4 Å². The van der Waals surface area contributed by atoms with Crippen LogP contribution in [-0.4, -0.2) is 170 Å². The maximum Gasteiger partial charge on any atom is 0.490 e. The molecular formula is C35H51N12O24P4+. The summed E-state index contributed by atoms with van der Waals surface area (Å²) in [5.41, 5.74) is 7.58. The number of aromatic nitrogens is 10. The third-order valence-corrected chi connectivity index (χ3v) is 18.4. The first-order chi connectivity index (χ1) is 35.3. The summed E-state index contributed by atoms with van der Waals surface area (Å²) in [5, 5.41) is 22.5. The van der Waals surface area contributed by atoms with E-state index in [9.17, 15) is 62.4 Å². The van der Waals surface area contributed by atoms with Crippen molar-refractivity contribution in [2.75, 3.05) is 59.2 Å². The molecule has 5 aromatic rings. The fourth-order valence-electron chi connectivity index (χ4n) is 8.92. The van der Waals surface area contributed by atoms with Gasteiger partial charge in [0, 0.05) is 46.1 Å². The lowest BCUT2D eigenvalue weighted by molar-refractivity contribution is -0.745. The number of phosphoric acid groups is 3. The molecule has 0 spiro atoms. The minimum absolute atomic E-state index is 0.00399. The number of nitrogens with one attached hydrogen (secondary N) is 2. The normalized spacial score (nSPS) is 30.4. The van der Waals surface area contributed by atoms with Gasteiger partial charge < -0.3 is 74.2 Å². The predicted molar refractivity (Wildman–Crippen MR) is 245 cm³/mol. The van der Waals surface area contributed by atoms with Crippen molar-refractivity contribution in [2.24, 2.45) is 13.0 Å². The minimum Gasteiger partial charge on any atom is -0.387 e. The Hall–Kier alpha value is -4.58. The second-order valence-corrected chi connectivity index (χ2v) is 23.5. The van der Waals surface area contributed by atoms with Gasteiger partial charge in [0.1, 0.15) is 54.1 Å². The molecule has 75 heavy (non-hydrogen) atoms. The first kappa shape index (κ1) is 56.6. The molecule has 3 aliphatic rings. The van der Waals surface area contributed by atoms with E-state index >= 15 is 0 Å². The molecule has 3 saturated heterocycles. The van der Waals surface area contributed by atoms with Crippen LogP contribution in [0.1, 0.15) is 25.1 Å². The zero-order chi connectivity index (χ0) is 54.5. The first-order valence-electron chi connectivity index (χ1n) is 21.8. The molecule has 0 amide bonds. The number of aromatic amines is 2. The number of aryl methyl sites for hydroxylation is 1. The highest BCUT2D eigenvalue weighted by Gasteiger charge is 2.58. The minimum atomic E-state index is -6.18. The molecule has 0 saturated carbocycles. The van der Waals surface area contributed by atoms with Gasteiger partial charge in [-0.05, 0) is 6.42 Å². The molecule has 5 unspecified atom stereocenters. The summed E-state index contributed by atoms with van der Waals surface area (Å²) in [7, 11) is -18.1. The highest BCUT2D eigenvalue weighted by atomic mass is 31.3. The van der Waals surface area contributed by atoms with Gasteiger partial charge in [-0.1, -0.05) is 4.98 Å².